The Morgan fingerprint density at radius 2 is 1.70 bits per heavy atom. The van der Waals surface area contributed by atoms with Gasteiger partial charge in [0.15, 0.2) is 6.10 Å². The van der Waals surface area contributed by atoms with Gasteiger partial charge in [0.2, 0.25) is 0 Å². The van der Waals surface area contributed by atoms with Crippen LogP contribution in [0.2, 0.25) is 0 Å². The number of methoxy groups -OCH3 is 1. The van der Waals surface area contributed by atoms with Gasteiger partial charge in [0.25, 0.3) is 5.91 Å². The number of rotatable bonds is 6. The van der Waals surface area contributed by atoms with E-state index < -0.39 is 18.1 Å². The number of esters is 1. The molecule has 1 aromatic carbocycles. The molecule has 1 aromatic rings. The lowest BCUT2D eigenvalue weighted by atomic mass is 10.0. The van der Waals surface area contributed by atoms with Gasteiger partial charge in [0, 0.05) is 0 Å². The average Bonchev–Trinajstić information content (AvgIpc) is 2.44. The predicted molar refractivity (Wildman–Crippen MR) is 75.3 cm³/mol. The molecule has 2 atom stereocenters. The third-order valence-corrected chi connectivity index (χ3v) is 2.84. The number of carbonyl (C=O) groups is 2. The lowest BCUT2D eigenvalue weighted by Gasteiger charge is -2.22. The largest absolute Gasteiger partial charge is 0.481 e. The minimum atomic E-state index is -0.691. The second-order valence-electron chi connectivity index (χ2n) is 4.83. The normalized spacial score (nSPS) is 13.4. The fourth-order valence-corrected chi connectivity index (χ4v) is 1.65. The zero-order valence-electron chi connectivity index (χ0n) is 12.3. The van der Waals surface area contributed by atoms with E-state index in [4.69, 9.17) is 4.74 Å². The van der Waals surface area contributed by atoms with Crippen LogP contribution in [-0.4, -0.2) is 31.1 Å². The van der Waals surface area contributed by atoms with E-state index in [9.17, 15) is 9.59 Å². The van der Waals surface area contributed by atoms with Gasteiger partial charge in [-0.1, -0.05) is 32.0 Å². The molecule has 0 aliphatic heterocycles. The third-order valence-electron chi connectivity index (χ3n) is 2.84. The second kappa shape index (κ2) is 7.53. The zero-order valence-corrected chi connectivity index (χ0v) is 12.3. The highest BCUT2D eigenvalue weighted by Crippen LogP contribution is 2.11. The molecule has 0 bridgehead atoms. The average molecular weight is 279 g/mol. The van der Waals surface area contributed by atoms with E-state index in [1.807, 2.05) is 32.0 Å². The van der Waals surface area contributed by atoms with Crippen molar-refractivity contribution in [1.82, 2.24) is 5.32 Å². The summed E-state index contributed by atoms with van der Waals surface area (Å²) in [5.74, 6) is -0.261. The molecule has 5 heteroatoms. The van der Waals surface area contributed by atoms with Crippen LogP contribution in [0.4, 0.5) is 0 Å². The molecule has 110 valence electrons. The van der Waals surface area contributed by atoms with Gasteiger partial charge in [-0.25, -0.2) is 4.79 Å². The molecule has 20 heavy (non-hydrogen) atoms. The number of hydrogen-bond acceptors (Lipinski definition) is 4. The van der Waals surface area contributed by atoms with E-state index in [0.29, 0.717) is 5.75 Å². The SMILES string of the molecule is COC(=O)[C@@H](NC(=O)[C@H](C)Oc1ccccc1)C(C)C. The predicted octanol–water partition coefficient (Wildman–Crippen LogP) is 1.77. The van der Waals surface area contributed by atoms with Gasteiger partial charge < -0.3 is 14.8 Å². The summed E-state index contributed by atoms with van der Waals surface area (Å²) in [6.07, 6.45) is -0.691. The molecule has 5 nitrogen and oxygen atoms in total. The highest BCUT2D eigenvalue weighted by Gasteiger charge is 2.27. The minimum Gasteiger partial charge on any atom is -0.481 e. The van der Waals surface area contributed by atoms with Crippen molar-refractivity contribution in [2.75, 3.05) is 7.11 Å². The number of para-hydroxylation sites is 1. The number of benzene rings is 1. The van der Waals surface area contributed by atoms with Crippen molar-refractivity contribution in [3.63, 3.8) is 0 Å². The Morgan fingerprint density at radius 1 is 1.10 bits per heavy atom. The molecular weight excluding hydrogens is 258 g/mol. The van der Waals surface area contributed by atoms with Crippen molar-refractivity contribution >= 4 is 11.9 Å². The van der Waals surface area contributed by atoms with Crippen molar-refractivity contribution in [3.8, 4) is 5.75 Å². The van der Waals surface area contributed by atoms with E-state index in [2.05, 4.69) is 10.1 Å². The second-order valence-corrected chi connectivity index (χ2v) is 4.83. The lowest BCUT2D eigenvalue weighted by Crippen LogP contribution is -2.49. The van der Waals surface area contributed by atoms with E-state index in [-0.39, 0.29) is 11.8 Å². The summed E-state index contributed by atoms with van der Waals surface area (Å²) >= 11 is 0. The van der Waals surface area contributed by atoms with Crippen molar-refractivity contribution in [3.05, 3.63) is 30.3 Å². The molecule has 0 saturated carbocycles. The molecule has 0 aromatic heterocycles. The van der Waals surface area contributed by atoms with Crippen LogP contribution in [-0.2, 0) is 14.3 Å². The van der Waals surface area contributed by atoms with Crippen molar-refractivity contribution in [2.24, 2.45) is 5.92 Å². The van der Waals surface area contributed by atoms with Crippen LogP contribution in [0.3, 0.4) is 0 Å². The molecule has 0 aliphatic rings. The van der Waals surface area contributed by atoms with Gasteiger partial charge >= 0.3 is 5.97 Å². The minimum absolute atomic E-state index is 0.0599. The van der Waals surface area contributed by atoms with E-state index in [0.717, 1.165) is 0 Å². The van der Waals surface area contributed by atoms with Crippen LogP contribution >= 0.6 is 0 Å². The van der Waals surface area contributed by atoms with Crippen LogP contribution in [0.1, 0.15) is 20.8 Å². The van der Waals surface area contributed by atoms with Crippen LogP contribution in [0.25, 0.3) is 0 Å². The third kappa shape index (κ3) is 4.57. The Bertz CT molecular complexity index is 444. The standard InChI is InChI=1S/C15H21NO4/c1-10(2)13(15(18)19-4)16-14(17)11(3)20-12-8-6-5-7-9-12/h5-11,13H,1-4H3,(H,16,17)/t11-,13-/m0/s1. The smallest absolute Gasteiger partial charge is 0.328 e. The molecule has 1 N–H and O–H groups in total. The number of ether oxygens (including phenoxy) is 2. The maximum absolute atomic E-state index is 12.0. The highest BCUT2D eigenvalue weighted by molar-refractivity contribution is 5.87. The summed E-state index contributed by atoms with van der Waals surface area (Å²) < 4.78 is 10.2. The van der Waals surface area contributed by atoms with Crippen LogP contribution in [0, 0.1) is 5.92 Å². The molecule has 0 aliphatic carbocycles. The van der Waals surface area contributed by atoms with E-state index >= 15 is 0 Å². The lowest BCUT2D eigenvalue weighted by molar-refractivity contribution is -0.147. The molecule has 0 unspecified atom stereocenters. The van der Waals surface area contributed by atoms with Gasteiger partial charge in [-0.05, 0) is 25.0 Å². The molecule has 1 amide bonds. The summed E-state index contributed by atoms with van der Waals surface area (Å²) in [4.78, 5) is 23.6. The summed E-state index contributed by atoms with van der Waals surface area (Å²) in [6, 6.07) is 8.38. The fraction of sp³-hybridized carbons (Fsp3) is 0.467. The summed E-state index contributed by atoms with van der Waals surface area (Å²) in [5.41, 5.74) is 0. The molecule has 0 fully saturated rings. The molecule has 0 heterocycles. The first-order chi connectivity index (χ1) is 9.45. The molecule has 1 rings (SSSR count). The zero-order chi connectivity index (χ0) is 15.1. The number of hydrogen-bond donors (Lipinski definition) is 1. The van der Waals surface area contributed by atoms with Gasteiger partial charge in [-0.3, -0.25) is 4.79 Å². The monoisotopic (exact) mass is 279 g/mol. The Morgan fingerprint density at radius 3 is 2.20 bits per heavy atom. The van der Waals surface area contributed by atoms with Crippen molar-refractivity contribution in [1.29, 1.82) is 0 Å². The molecule has 0 radical (unpaired) electrons. The Kier molecular flexibility index (Phi) is 6.03. The first-order valence-corrected chi connectivity index (χ1v) is 6.55. The highest BCUT2D eigenvalue weighted by atomic mass is 16.5. The topological polar surface area (TPSA) is 64.6 Å². The van der Waals surface area contributed by atoms with Gasteiger partial charge in [-0.15, -0.1) is 0 Å². The Labute approximate surface area is 119 Å². The molecule has 0 saturated heterocycles. The fourth-order valence-electron chi connectivity index (χ4n) is 1.65. The van der Waals surface area contributed by atoms with Crippen LogP contribution in [0.15, 0.2) is 30.3 Å². The van der Waals surface area contributed by atoms with Gasteiger partial charge in [0.1, 0.15) is 11.8 Å². The van der Waals surface area contributed by atoms with Gasteiger partial charge in [-0.2, -0.15) is 0 Å². The number of carbonyl (C=O) groups excluding carboxylic acids is 2. The summed E-state index contributed by atoms with van der Waals surface area (Å²) in [5, 5.41) is 2.65. The van der Waals surface area contributed by atoms with Gasteiger partial charge in [0.05, 0.1) is 7.11 Å². The first-order valence-electron chi connectivity index (χ1n) is 6.55. The van der Waals surface area contributed by atoms with Crippen molar-refractivity contribution in [2.45, 2.75) is 32.9 Å². The Balaban J connectivity index is 2.62. The molecule has 0 spiro atoms. The van der Waals surface area contributed by atoms with Crippen molar-refractivity contribution < 1.29 is 19.1 Å². The Hall–Kier alpha value is -2.04. The maximum atomic E-state index is 12.0. The summed E-state index contributed by atoms with van der Waals surface area (Å²) in [7, 11) is 1.30. The molecular formula is C15H21NO4. The van der Waals surface area contributed by atoms with E-state index in [1.54, 1.807) is 19.1 Å². The maximum Gasteiger partial charge on any atom is 0.328 e. The van der Waals surface area contributed by atoms with Crippen LogP contribution < -0.4 is 10.1 Å². The van der Waals surface area contributed by atoms with Crippen LogP contribution in [0.5, 0.6) is 5.75 Å². The summed E-state index contributed by atoms with van der Waals surface area (Å²) in [6.45, 7) is 5.31. The van der Waals surface area contributed by atoms with E-state index in [1.165, 1.54) is 7.11 Å². The quantitative estimate of drug-likeness (QED) is 0.806. The number of amides is 1. The number of nitrogens with one attached hydrogen (secondary N) is 1. The first kappa shape index (κ1) is 16.0.